The standard InChI is InChI=1S/C15H25N3O/c1-12(19)14-6-5-13(11-16-14)17-7-9-18(10-8-17)15(2,3)4/h5-6,11-12,19H,7-10H2,1-4H3/t12-/m0/s1. The first-order valence-corrected chi connectivity index (χ1v) is 7.02. The molecule has 2 rings (SSSR count). The first-order chi connectivity index (χ1) is 8.88. The number of aliphatic hydroxyl groups excluding tert-OH is 1. The molecule has 4 nitrogen and oxygen atoms in total. The summed E-state index contributed by atoms with van der Waals surface area (Å²) in [6.07, 6.45) is 1.38. The van der Waals surface area contributed by atoms with Crippen LogP contribution in [-0.2, 0) is 0 Å². The van der Waals surface area contributed by atoms with Crippen LogP contribution in [0, 0.1) is 0 Å². The van der Waals surface area contributed by atoms with Crippen LogP contribution in [0.3, 0.4) is 0 Å². The fraction of sp³-hybridized carbons (Fsp3) is 0.667. The summed E-state index contributed by atoms with van der Waals surface area (Å²) in [6, 6.07) is 3.97. The zero-order chi connectivity index (χ0) is 14.0. The van der Waals surface area contributed by atoms with Crippen molar-refractivity contribution in [1.82, 2.24) is 9.88 Å². The molecule has 1 fully saturated rings. The van der Waals surface area contributed by atoms with Gasteiger partial charge in [-0.2, -0.15) is 0 Å². The van der Waals surface area contributed by atoms with Crippen molar-refractivity contribution in [3.05, 3.63) is 24.0 Å². The molecule has 106 valence electrons. The van der Waals surface area contributed by atoms with Crippen LogP contribution >= 0.6 is 0 Å². The van der Waals surface area contributed by atoms with E-state index in [1.54, 1.807) is 6.92 Å². The van der Waals surface area contributed by atoms with Crippen LogP contribution in [0.15, 0.2) is 18.3 Å². The minimum absolute atomic E-state index is 0.251. The predicted octanol–water partition coefficient (Wildman–Crippen LogP) is 2.06. The number of rotatable bonds is 2. The van der Waals surface area contributed by atoms with Crippen molar-refractivity contribution in [3.8, 4) is 0 Å². The summed E-state index contributed by atoms with van der Waals surface area (Å²) in [6.45, 7) is 12.8. The molecule has 0 saturated carbocycles. The second-order valence-corrected chi connectivity index (χ2v) is 6.26. The van der Waals surface area contributed by atoms with Gasteiger partial charge in [0.2, 0.25) is 0 Å². The molecule has 1 saturated heterocycles. The fourth-order valence-electron chi connectivity index (χ4n) is 2.47. The van der Waals surface area contributed by atoms with E-state index < -0.39 is 6.10 Å². The fourth-order valence-corrected chi connectivity index (χ4v) is 2.47. The lowest BCUT2D eigenvalue weighted by molar-refractivity contribution is 0.128. The minimum Gasteiger partial charge on any atom is -0.387 e. The van der Waals surface area contributed by atoms with Gasteiger partial charge in [0, 0.05) is 31.7 Å². The van der Waals surface area contributed by atoms with Gasteiger partial charge < -0.3 is 10.0 Å². The summed E-state index contributed by atoms with van der Waals surface area (Å²) < 4.78 is 0. The third-order valence-electron chi connectivity index (χ3n) is 3.79. The van der Waals surface area contributed by atoms with Crippen molar-refractivity contribution in [3.63, 3.8) is 0 Å². The van der Waals surface area contributed by atoms with Crippen LogP contribution in [0.5, 0.6) is 0 Å². The van der Waals surface area contributed by atoms with Gasteiger partial charge in [0.15, 0.2) is 0 Å². The van der Waals surface area contributed by atoms with E-state index >= 15 is 0 Å². The van der Waals surface area contributed by atoms with Crippen LogP contribution in [0.4, 0.5) is 5.69 Å². The van der Waals surface area contributed by atoms with Crippen molar-refractivity contribution in [2.45, 2.75) is 39.3 Å². The number of nitrogens with zero attached hydrogens (tertiary/aromatic N) is 3. The average molecular weight is 263 g/mol. The van der Waals surface area contributed by atoms with Crippen molar-refractivity contribution in [1.29, 1.82) is 0 Å². The topological polar surface area (TPSA) is 39.6 Å². The zero-order valence-corrected chi connectivity index (χ0v) is 12.4. The second-order valence-electron chi connectivity index (χ2n) is 6.26. The first kappa shape index (κ1) is 14.3. The predicted molar refractivity (Wildman–Crippen MR) is 78.4 cm³/mol. The molecule has 0 aromatic carbocycles. The van der Waals surface area contributed by atoms with E-state index in [0.29, 0.717) is 0 Å². The molecule has 19 heavy (non-hydrogen) atoms. The smallest absolute Gasteiger partial charge is 0.0931 e. The third kappa shape index (κ3) is 3.45. The molecule has 1 atom stereocenters. The highest BCUT2D eigenvalue weighted by atomic mass is 16.3. The van der Waals surface area contributed by atoms with Gasteiger partial charge in [-0.25, -0.2) is 0 Å². The summed E-state index contributed by atoms with van der Waals surface area (Å²) in [4.78, 5) is 9.19. The molecule has 0 aliphatic carbocycles. The molecule has 0 radical (unpaired) electrons. The van der Waals surface area contributed by atoms with Gasteiger partial charge in [0.25, 0.3) is 0 Å². The number of piperazine rings is 1. The molecule has 0 bridgehead atoms. The summed E-state index contributed by atoms with van der Waals surface area (Å²) in [7, 11) is 0. The quantitative estimate of drug-likeness (QED) is 0.886. The molecular weight excluding hydrogens is 238 g/mol. The van der Waals surface area contributed by atoms with Crippen LogP contribution in [0.2, 0.25) is 0 Å². The number of pyridine rings is 1. The van der Waals surface area contributed by atoms with Crippen LogP contribution < -0.4 is 4.90 Å². The Morgan fingerprint density at radius 2 is 1.79 bits per heavy atom. The van der Waals surface area contributed by atoms with Gasteiger partial charge in [-0.05, 0) is 39.8 Å². The monoisotopic (exact) mass is 263 g/mol. The molecule has 1 aromatic heterocycles. The van der Waals surface area contributed by atoms with Crippen LogP contribution in [-0.4, -0.2) is 46.7 Å². The summed E-state index contributed by atoms with van der Waals surface area (Å²) in [5, 5.41) is 9.47. The van der Waals surface area contributed by atoms with Crippen molar-refractivity contribution >= 4 is 5.69 Å². The van der Waals surface area contributed by atoms with E-state index in [-0.39, 0.29) is 5.54 Å². The van der Waals surface area contributed by atoms with Gasteiger partial charge >= 0.3 is 0 Å². The Hall–Kier alpha value is -1.13. The zero-order valence-electron chi connectivity index (χ0n) is 12.4. The molecule has 1 aliphatic heterocycles. The highest BCUT2D eigenvalue weighted by molar-refractivity contribution is 5.45. The van der Waals surface area contributed by atoms with Gasteiger partial charge in [-0.1, -0.05) is 0 Å². The summed E-state index contributed by atoms with van der Waals surface area (Å²) >= 11 is 0. The number of anilines is 1. The molecule has 0 unspecified atom stereocenters. The summed E-state index contributed by atoms with van der Waals surface area (Å²) in [5.41, 5.74) is 2.13. The van der Waals surface area contributed by atoms with Crippen molar-refractivity contribution < 1.29 is 5.11 Å². The first-order valence-electron chi connectivity index (χ1n) is 7.02. The Morgan fingerprint density at radius 3 is 2.21 bits per heavy atom. The Kier molecular flexibility index (Phi) is 4.11. The van der Waals surface area contributed by atoms with Gasteiger partial charge in [0.1, 0.15) is 0 Å². The molecule has 1 N–H and O–H groups in total. The van der Waals surface area contributed by atoms with E-state index in [1.807, 2.05) is 12.3 Å². The maximum Gasteiger partial charge on any atom is 0.0931 e. The Morgan fingerprint density at radius 1 is 1.16 bits per heavy atom. The molecule has 4 heteroatoms. The molecule has 1 aliphatic rings. The highest BCUT2D eigenvalue weighted by Gasteiger charge is 2.25. The largest absolute Gasteiger partial charge is 0.387 e. The number of hydrogen-bond acceptors (Lipinski definition) is 4. The van der Waals surface area contributed by atoms with Gasteiger partial charge in [-0.15, -0.1) is 0 Å². The van der Waals surface area contributed by atoms with E-state index in [1.165, 1.54) is 0 Å². The van der Waals surface area contributed by atoms with Crippen LogP contribution in [0.25, 0.3) is 0 Å². The van der Waals surface area contributed by atoms with Gasteiger partial charge in [0.05, 0.1) is 23.7 Å². The number of hydrogen-bond donors (Lipinski definition) is 1. The number of aliphatic hydroxyl groups is 1. The average Bonchev–Trinajstić information content (AvgIpc) is 2.38. The van der Waals surface area contributed by atoms with Crippen molar-refractivity contribution in [2.24, 2.45) is 0 Å². The highest BCUT2D eigenvalue weighted by Crippen LogP contribution is 2.21. The summed E-state index contributed by atoms with van der Waals surface area (Å²) in [5.74, 6) is 0. The SMILES string of the molecule is C[C@H](O)c1ccc(N2CCN(C(C)(C)C)CC2)cn1. The normalized spacial score (nSPS) is 19.5. The Balaban J connectivity index is 1.98. The Labute approximate surface area is 116 Å². The minimum atomic E-state index is -0.494. The van der Waals surface area contributed by atoms with E-state index in [0.717, 1.165) is 37.6 Å². The lowest BCUT2D eigenvalue weighted by Crippen LogP contribution is -2.53. The lowest BCUT2D eigenvalue weighted by atomic mass is 10.0. The van der Waals surface area contributed by atoms with Crippen LogP contribution in [0.1, 0.15) is 39.5 Å². The second kappa shape index (κ2) is 5.47. The van der Waals surface area contributed by atoms with E-state index in [2.05, 4.69) is 41.6 Å². The molecule has 0 amide bonds. The lowest BCUT2D eigenvalue weighted by Gasteiger charge is -2.43. The van der Waals surface area contributed by atoms with E-state index in [4.69, 9.17) is 0 Å². The Bertz CT molecular complexity index is 400. The molecular formula is C15H25N3O. The number of aromatic nitrogens is 1. The van der Waals surface area contributed by atoms with Crippen molar-refractivity contribution in [2.75, 3.05) is 31.1 Å². The van der Waals surface area contributed by atoms with E-state index in [9.17, 15) is 5.11 Å². The molecule has 2 heterocycles. The maximum atomic E-state index is 9.47. The molecule has 1 aromatic rings. The maximum absolute atomic E-state index is 9.47. The van der Waals surface area contributed by atoms with Gasteiger partial charge in [-0.3, -0.25) is 9.88 Å². The molecule has 0 spiro atoms. The third-order valence-corrected chi connectivity index (χ3v) is 3.79.